The molecule has 2 aromatic rings. The summed E-state index contributed by atoms with van der Waals surface area (Å²) in [7, 11) is 0. The predicted octanol–water partition coefficient (Wildman–Crippen LogP) is 1.15. The standard InChI is InChI=1S/C11H8N2O2/c12-11(15)10-8(6-14)5-7-3-1-2-4-9(7)13-10/h1-6H,(H2,12,15). The second kappa shape index (κ2) is 3.49. The Morgan fingerprint density at radius 1 is 1.33 bits per heavy atom. The molecule has 0 saturated carbocycles. The van der Waals surface area contributed by atoms with E-state index in [1.165, 1.54) is 0 Å². The Balaban J connectivity index is 2.80. The van der Waals surface area contributed by atoms with Crippen molar-refractivity contribution in [2.75, 3.05) is 0 Å². The lowest BCUT2D eigenvalue weighted by atomic mass is 10.1. The van der Waals surface area contributed by atoms with Crippen LogP contribution in [0.4, 0.5) is 0 Å². The van der Waals surface area contributed by atoms with Gasteiger partial charge < -0.3 is 5.73 Å². The number of primary amides is 1. The van der Waals surface area contributed by atoms with E-state index in [2.05, 4.69) is 4.98 Å². The summed E-state index contributed by atoms with van der Waals surface area (Å²) in [6, 6.07) is 8.83. The molecule has 0 aliphatic carbocycles. The third kappa shape index (κ3) is 1.57. The van der Waals surface area contributed by atoms with Crippen molar-refractivity contribution < 1.29 is 9.59 Å². The number of benzene rings is 1. The number of hydrogen-bond acceptors (Lipinski definition) is 3. The number of hydrogen-bond donors (Lipinski definition) is 1. The first-order valence-electron chi connectivity index (χ1n) is 4.37. The molecule has 0 spiro atoms. The van der Waals surface area contributed by atoms with Crippen LogP contribution in [0.1, 0.15) is 20.8 Å². The molecule has 0 aliphatic rings. The molecule has 1 amide bonds. The number of nitrogens with zero attached hydrogens (tertiary/aromatic N) is 1. The first kappa shape index (κ1) is 9.33. The normalized spacial score (nSPS) is 10.1. The van der Waals surface area contributed by atoms with Gasteiger partial charge in [0, 0.05) is 10.9 Å². The number of nitrogens with two attached hydrogens (primary N) is 1. The second-order valence-electron chi connectivity index (χ2n) is 3.10. The Hall–Kier alpha value is -2.23. The maximum Gasteiger partial charge on any atom is 0.268 e. The summed E-state index contributed by atoms with van der Waals surface area (Å²) in [4.78, 5) is 25.8. The zero-order valence-corrected chi connectivity index (χ0v) is 7.81. The van der Waals surface area contributed by atoms with Gasteiger partial charge >= 0.3 is 0 Å². The minimum Gasteiger partial charge on any atom is -0.364 e. The third-order valence-electron chi connectivity index (χ3n) is 2.11. The molecule has 0 fully saturated rings. The largest absolute Gasteiger partial charge is 0.364 e. The summed E-state index contributed by atoms with van der Waals surface area (Å²) in [6.07, 6.45) is 0.583. The molecule has 2 rings (SSSR count). The first-order valence-corrected chi connectivity index (χ1v) is 4.37. The van der Waals surface area contributed by atoms with E-state index in [0.717, 1.165) is 5.39 Å². The van der Waals surface area contributed by atoms with E-state index >= 15 is 0 Å². The molecule has 1 aromatic carbocycles. The lowest BCUT2D eigenvalue weighted by Gasteiger charge is -2.02. The molecule has 0 aliphatic heterocycles. The summed E-state index contributed by atoms with van der Waals surface area (Å²) in [5.74, 6) is -0.692. The molecule has 74 valence electrons. The van der Waals surface area contributed by atoms with E-state index < -0.39 is 5.91 Å². The summed E-state index contributed by atoms with van der Waals surface area (Å²) in [5, 5.41) is 0.810. The molecule has 0 bridgehead atoms. The van der Waals surface area contributed by atoms with E-state index in [9.17, 15) is 9.59 Å². The van der Waals surface area contributed by atoms with Gasteiger partial charge in [0.15, 0.2) is 6.29 Å². The van der Waals surface area contributed by atoms with Gasteiger partial charge in [-0.25, -0.2) is 4.98 Å². The number of aldehydes is 1. The van der Waals surface area contributed by atoms with E-state index in [4.69, 9.17) is 5.73 Å². The molecule has 15 heavy (non-hydrogen) atoms. The molecule has 1 heterocycles. The molecule has 0 atom stereocenters. The number of carbonyl (C=O) groups is 2. The number of rotatable bonds is 2. The minimum atomic E-state index is -0.692. The van der Waals surface area contributed by atoms with E-state index in [-0.39, 0.29) is 11.3 Å². The van der Waals surface area contributed by atoms with E-state index in [0.29, 0.717) is 11.8 Å². The van der Waals surface area contributed by atoms with Gasteiger partial charge in [-0.05, 0) is 12.1 Å². The highest BCUT2D eigenvalue weighted by atomic mass is 16.1. The summed E-state index contributed by atoms with van der Waals surface area (Å²) in [6.45, 7) is 0. The fourth-order valence-corrected chi connectivity index (χ4v) is 1.42. The molecule has 4 nitrogen and oxygen atoms in total. The van der Waals surface area contributed by atoms with Crippen molar-refractivity contribution in [2.45, 2.75) is 0 Å². The Morgan fingerprint density at radius 3 is 2.73 bits per heavy atom. The highest BCUT2D eigenvalue weighted by molar-refractivity contribution is 6.01. The second-order valence-corrected chi connectivity index (χ2v) is 3.10. The topological polar surface area (TPSA) is 73.1 Å². The average Bonchev–Trinajstić information content (AvgIpc) is 2.27. The van der Waals surface area contributed by atoms with Gasteiger partial charge in [-0.2, -0.15) is 0 Å². The zero-order chi connectivity index (χ0) is 10.8. The van der Waals surface area contributed by atoms with Crippen LogP contribution in [0.15, 0.2) is 30.3 Å². The quantitative estimate of drug-likeness (QED) is 0.739. The third-order valence-corrected chi connectivity index (χ3v) is 2.11. The van der Waals surface area contributed by atoms with Crippen LogP contribution in [0, 0.1) is 0 Å². The lowest BCUT2D eigenvalue weighted by Crippen LogP contribution is -2.15. The van der Waals surface area contributed by atoms with Gasteiger partial charge in [0.2, 0.25) is 0 Å². The minimum absolute atomic E-state index is 0.0173. The van der Waals surface area contributed by atoms with Crippen LogP contribution < -0.4 is 5.73 Å². The van der Waals surface area contributed by atoms with Crippen LogP contribution in [0.25, 0.3) is 10.9 Å². The Kier molecular flexibility index (Phi) is 2.17. The summed E-state index contributed by atoms with van der Waals surface area (Å²) < 4.78 is 0. The van der Waals surface area contributed by atoms with Gasteiger partial charge in [0.1, 0.15) is 5.69 Å². The molecule has 2 N–H and O–H groups in total. The smallest absolute Gasteiger partial charge is 0.268 e. The molecule has 4 heteroatoms. The molecule has 0 saturated heterocycles. The Morgan fingerprint density at radius 2 is 2.07 bits per heavy atom. The number of pyridine rings is 1. The monoisotopic (exact) mass is 200 g/mol. The summed E-state index contributed by atoms with van der Waals surface area (Å²) >= 11 is 0. The Labute approximate surface area is 85.7 Å². The lowest BCUT2D eigenvalue weighted by molar-refractivity contribution is 0.0988. The van der Waals surface area contributed by atoms with Crippen molar-refractivity contribution in [3.63, 3.8) is 0 Å². The SMILES string of the molecule is NC(=O)c1nc2ccccc2cc1C=O. The van der Waals surface area contributed by atoms with Gasteiger partial charge in [-0.3, -0.25) is 9.59 Å². The molecule has 0 radical (unpaired) electrons. The molecule has 1 aromatic heterocycles. The number of fused-ring (bicyclic) bond motifs is 1. The van der Waals surface area contributed by atoms with Gasteiger partial charge in [0.05, 0.1) is 5.52 Å². The highest BCUT2D eigenvalue weighted by Gasteiger charge is 2.10. The van der Waals surface area contributed by atoms with Crippen LogP contribution >= 0.6 is 0 Å². The van der Waals surface area contributed by atoms with Gasteiger partial charge in [-0.1, -0.05) is 18.2 Å². The van der Waals surface area contributed by atoms with Crippen molar-refractivity contribution in [3.05, 3.63) is 41.6 Å². The van der Waals surface area contributed by atoms with E-state index in [1.807, 2.05) is 12.1 Å². The van der Waals surface area contributed by atoms with Crippen molar-refractivity contribution in [1.82, 2.24) is 4.98 Å². The maximum atomic E-state index is 11.0. The predicted molar refractivity (Wildman–Crippen MR) is 55.6 cm³/mol. The van der Waals surface area contributed by atoms with Crippen LogP contribution in [0.3, 0.4) is 0 Å². The molecular weight excluding hydrogens is 192 g/mol. The van der Waals surface area contributed by atoms with Crippen molar-refractivity contribution >= 4 is 23.1 Å². The van der Waals surface area contributed by atoms with Crippen molar-refractivity contribution in [3.8, 4) is 0 Å². The fraction of sp³-hybridized carbons (Fsp3) is 0. The Bertz CT molecular complexity index is 549. The summed E-state index contributed by atoms with van der Waals surface area (Å²) in [5.41, 5.74) is 6.01. The molecular formula is C11H8N2O2. The highest BCUT2D eigenvalue weighted by Crippen LogP contribution is 2.15. The fourth-order valence-electron chi connectivity index (χ4n) is 1.42. The molecule has 0 unspecified atom stereocenters. The number of aromatic nitrogens is 1. The number of para-hydroxylation sites is 1. The number of carbonyl (C=O) groups excluding carboxylic acids is 2. The van der Waals surface area contributed by atoms with Crippen molar-refractivity contribution in [2.24, 2.45) is 5.73 Å². The van der Waals surface area contributed by atoms with Crippen molar-refractivity contribution in [1.29, 1.82) is 0 Å². The van der Waals surface area contributed by atoms with Gasteiger partial charge in [-0.15, -0.1) is 0 Å². The van der Waals surface area contributed by atoms with Crippen LogP contribution in [-0.4, -0.2) is 17.2 Å². The van der Waals surface area contributed by atoms with Crippen LogP contribution in [0.5, 0.6) is 0 Å². The van der Waals surface area contributed by atoms with Crippen LogP contribution in [0.2, 0.25) is 0 Å². The van der Waals surface area contributed by atoms with Crippen LogP contribution in [-0.2, 0) is 0 Å². The number of amides is 1. The van der Waals surface area contributed by atoms with E-state index in [1.54, 1.807) is 18.2 Å². The first-order chi connectivity index (χ1) is 7.22. The zero-order valence-electron chi connectivity index (χ0n) is 7.81. The average molecular weight is 200 g/mol. The van der Waals surface area contributed by atoms with Gasteiger partial charge in [0.25, 0.3) is 5.91 Å². The maximum absolute atomic E-state index is 11.0.